The molecule has 1 aliphatic carbocycles. The Hall–Kier alpha value is -2.21. The van der Waals surface area contributed by atoms with Gasteiger partial charge in [-0.1, -0.05) is 57.5 Å². The van der Waals surface area contributed by atoms with Gasteiger partial charge in [0.2, 0.25) is 5.91 Å². The van der Waals surface area contributed by atoms with E-state index >= 15 is 0 Å². The third kappa shape index (κ3) is 4.14. The van der Waals surface area contributed by atoms with E-state index < -0.39 is 0 Å². The van der Waals surface area contributed by atoms with Crippen LogP contribution in [0.25, 0.3) is 0 Å². The van der Waals surface area contributed by atoms with Gasteiger partial charge in [0.1, 0.15) is 5.69 Å². The number of likely N-dealkylation sites (tertiary alicyclic amines) is 1. The number of carbonyl (C=O) groups is 2. The molecular weight excluding hydrogens is 406 g/mol. The third-order valence-corrected chi connectivity index (χ3v) is 8.72. The van der Waals surface area contributed by atoms with Crippen LogP contribution in [0.15, 0.2) is 29.6 Å². The molecular formula is C25H33N3O2S. The average molecular weight is 440 g/mol. The highest BCUT2D eigenvalue weighted by Crippen LogP contribution is 2.68. The number of carbonyl (C=O) groups excluding carboxylic acids is 2. The standard InChI is InChI=1S/C25H33N3O2S/c1-16-7-6-8-17(13-16)14-26-21(29)19-15-31-22(27-19)18-9-11-28(12-10-18)23(30)20-24(2,3)25(20,4)5/h6-8,13,15,18,20H,9-12,14H2,1-5H3,(H,26,29). The SMILES string of the molecule is Cc1cccc(CNC(=O)c2csc(C3CCN(C(=O)C4C(C)(C)C4(C)C)CC3)n2)c1. The molecule has 2 amide bonds. The van der Waals surface area contributed by atoms with Crippen LogP contribution in [-0.2, 0) is 11.3 Å². The van der Waals surface area contributed by atoms with Crippen LogP contribution in [-0.4, -0.2) is 34.8 Å². The highest BCUT2D eigenvalue weighted by Gasteiger charge is 2.68. The lowest BCUT2D eigenvalue weighted by molar-refractivity contribution is -0.134. The van der Waals surface area contributed by atoms with Crippen molar-refractivity contribution in [2.24, 2.45) is 16.7 Å². The topological polar surface area (TPSA) is 62.3 Å². The van der Waals surface area contributed by atoms with E-state index in [4.69, 9.17) is 0 Å². The van der Waals surface area contributed by atoms with Crippen molar-refractivity contribution in [2.45, 2.75) is 59.9 Å². The first-order chi connectivity index (χ1) is 14.6. The van der Waals surface area contributed by atoms with Gasteiger partial charge in [-0.25, -0.2) is 4.98 Å². The molecule has 6 heteroatoms. The van der Waals surface area contributed by atoms with Crippen molar-refractivity contribution in [3.8, 4) is 0 Å². The number of nitrogens with zero attached hydrogens (tertiary/aromatic N) is 2. The molecule has 1 aromatic carbocycles. The highest BCUT2D eigenvalue weighted by atomic mass is 32.1. The van der Waals surface area contributed by atoms with Crippen LogP contribution in [0, 0.1) is 23.7 Å². The zero-order chi connectivity index (χ0) is 22.4. The fourth-order valence-corrected chi connectivity index (χ4v) is 5.99. The lowest BCUT2D eigenvalue weighted by atomic mass is 9.96. The molecule has 2 aromatic rings. The van der Waals surface area contributed by atoms with Crippen molar-refractivity contribution in [1.82, 2.24) is 15.2 Å². The smallest absolute Gasteiger partial charge is 0.271 e. The molecule has 0 bridgehead atoms. The predicted octanol–water partition coefficient (Wildman–Crippen LogP) is 4.77. The number of aryl methyl sites for hydroxylation is 1. The Labute approximate surface area is 189 Å². The van der Waals surface area contributed by atoms with Gasteiger partial charge in [-0.2, -0.15) is 0 Å². The first-order valence-corrected chi connectivity index (χ1v) is 12.1. The number of hydrogen-bond acceptors (Lipinski definition) is 4. The van der Waals surface area contributed by atoms with Crippen LogP contribution in [0.5, 0.6) is 0 Å². The van der Waals surface area contributed by atoms with E-state index in [-0.39, 0.29) is 22.7 Å². The molecule has 0 atom stereocenters. The Bertz CT molecular complexity index is 972. The molecule has 1 saturated carbocycles. The first-order valence-electron chi connectivity index (χ1n) is 11.2. The number of rotatable bonds is 5. The van der Waals surface area contributed by atoms with Gasteiger partial charge >= 0.3 is 0 Å². The van der Waals surface area contributed by atoms with Gasteiger partial charge in [0.05, 0.1) is 5.01 Å². The molecule has 0 radical (unpaired) electrons. The Morgan fingerprint density at radius 1 is 1.16 bits per heavy atom. The summed E-state index contributed by atoms with van der Waals surface area (Å²) in [5, 5.41) is 5.84. The maximum Gasteiger partial charge on any atom is 0.271 e. The summed E-state index contributed by atoms with van der Waals surface area (Å²) in [7, 11) is 0. The van der Waals surface area contributed by atoms with Crippen molar-refractivity contribution < 1.29 is 9.59 Å². The number of nitrogens with one attached hydrogen (secondary N) is 1. The van der Waals surface area contributed by atoms with Gasteiger partial charge in [0, 0.05) is 36.9 Å². The predicted molar refractivity (Wildman–Crippen MR) is 124 cm³/mol. The van der Waals surface area contributed by atoms with E-state index in [0.29, 0.717) is 24.1 Å². The molecule has 2 aliphatic rings. The summed E-state index contributed by atoms with van der Waals surface area (Å²) in [5.74, 6) is 0.631. The van der Waals surface area contributed by atoms with Gasteiger partial charge in [0.15, 0.2) is 0 Å². The monoisotopic (exact) mass is 439 g/mol. The lowest BCUT2D eigenvalue weighted by Crippen LogP contribution is -2.40. The third-order valence-electron chi connectivity index (χ3n) is 7.71. The molecule has 0 spiro atoms. The highest BCUT2D eigenvalue weighted by molar-refractivity contribution is 7.09. The van der Waals surface area contributed by atoms with Crippen LogP contribution in [0.4, 0.5) is 0 Å². The Morgan fingerprint density at radius 3 is 2.45 bits per heavy atom. The second kappa shape index (κ2) is 8.05. The van der Waals surface area contributed by atoms with Gasteiger partial charge < -0.3 is 10.2 Å². The first kappa shape index (κ1) is 22.0. The van der Waals surface area contributed by atoms with Gasteiger partial charge in [-0.05, 0) is 36.2 Å². The number of thiazole rings is 1. The fraction of sp³-hybridized carbons (Fsp3) is 0.560. The molecule has 2 heterocycles. The average Bonchev–Trinajstić information content (AvgIpc) is 3.07. The second-order valence-corrected chi connectivity index (χ2v) is 11.1. The Kier molecular flexibility index (Phi) is 5.71. The molecule has 2 fully saturated rings. The largest absolute Gasteiger partial charge is 0.347 e. The summed E-state index contributed by atoms with van der Waals surface area (Å²) in [6, 6.07) is 8.13. The van der Waals surface area contributed by atoms with Crippen molar-refractivity contribution in [3.63, 3.8) is 0 Å². The van der Waals surface area contributed by atoms with E-state index in [9.17, 15) is 9.59 Å². The van der Waals surface area contributed by atoms with E-state index in [1.54, 1.807) is 11.3 Å². The summed E-state index contributed by atoms with van der Waals surface area (Å²) in [6.07, 6.45) is 1.83. The number of aromatic nitrogens is 1. The van der Waals surface area contributed by atoms with Crippen molar-refractivity contribution in [1.29, 1.82) is 0 Å². The molecule has 4 rings (SSSR count). The van der Waals surface area contributed by atoms with Crippen LogP contribution < -0.4 is 5.32 Å². The summed E-state index contributed by atoms with van der Waals surface area (Å²) in [4.78, 5) is 32.2. The van der Waals surface area contributed by atoms with E-state index in [1.807, 2.05) is 35.4 Å². The molecule has 1 aromatic heterocycles. The van der Waals surface area contributed by atoms with Crippen LogP contribution in [0.1, 0.15) is 73.1 Å². The van der Waals surface area contributed by atoms with Crippen LogP contribution >= 0.6 is 11.3 Å². The normalized spacial score (nSPS) is 20.5. The molecule has 0 unspecified atom stereocenters. The maximum atomic E-state index is 13.0. The number of piperidine rings is 1. The molecule has 5 nitrogen and oxygen atoms in total. The van der Waals surface area contributed by atoms with Gasteiger partial charge in [-0.15, -0.1) is 11.3 Å². The quantitative estimate of drug-likeness (QED) is 0.730. The minimum atomic E-state index is -0.130. The summed E-state index contributed by atoms with van der Waals surface area (Å²) in [5.41, 5.74) is 2.92. The van der Waals surface area contributed by atoms with Crippen LogP contribution in [0.2, 0.25) is 0 Å². The van der Waals surface area contributed by atoms with Gasteiger partial charge in [0.25, 0.3) is 5.91 Å². The molecule has 1 aliphatic heterocycles. The van der Waals surface area contributed by atoms with Gasteiger partial charge in [-0.3, -0.25) is 9.59 Å². The summed E-state index contributed by atoms with van der Waals surface area (Å²) >= 11 is 1.56. The Balaban J connectivity index is 1.30. The molecule has 31 heavy (non-hydrogen) atoms. The fourth-order valence-electron chi connectivity index (χ4n) is 5.02. The summed E-state index contributed by atoms with van der Waals surface area (Å²) < 4.78 is 0. The van der Waals surface area contributed by atoms with E-state index in [0.717, 1.165) is 36.5 Å². The molecule has 1 N–H and O–H groups in total. The minimum Gasteiger partial charge on any atom is -0.347 e. The number of hydrogen-bond donors (Lipinski definition) is 1. The Morgan fingerprint density at radius 2 is 1.84 bits per heavy atom. The second-order valence-electron chi connectivity index (χ2n) is 10.2. The van der Waals surface area contributed by atoms with Crippen molar-refractivity contribution in [3.05, 3.63) is 51.5 Å². The van der Waals surface area contributed by atoms with E-state index in [2.05, 4.69) is 44.1 Å². The zero-order valence-corrected chi connectivity index (χ0v) is 20.0. The number of benzene rings is 1. The van der Waals surface area contributed by atoms with Crippen molar-refractivity contribution in [2.75, 3.05) is 13.1 Å². The number of amides is 2. The zero-order valence-electron chi connectivity index (χ0n) is 19.2. The minimum absolute atomic E-state index is 0.0803. The maximum absolute atomic E-state index is 13.0. The van der Waals surface area contributed by atoms with Crippen LogP contribution in [0.3, 0.4) is 0 Å². The molecule has 1 saturated heterocycles. The summed E-state index contributed by atoms with van der Waals surface area (Å²) in [6.45, 7) is 12.9. The van der Waals surface area contributed by atoms with Crippen molar-refractivity contribution >= 4 is 23.2 Å². The molecule has 166 valence electrons. The lowest BCUT2D eigenvalue weighted by Gasteiger charge is -2.31. The van der Waals surface area contributed by atoms with E-state index in [1.165, 1.54) is 5.56 Å².